The lowest BCUT2D eigenvalue weighted by atomic mass is 9.84. The molecule has 6 N–H and O–H groups in total. The van der Waals surface area contributed by atoms with Crippen molar-refractivity contribution in [1.29, 1.82) is 0 Å². The van der Waals surface area contributed by atoms with Gasteiger partial charge in [-0.1, -0.05) is 48.5 Å². The van der Waals surface area contributed by atoms with Crippen LogP contribution in [0, 0.1) is 27.7 Å². The SMILES string of the molecule is Cc1cc(N)nc(C)c1CNC(=O)c1ccc2c(c1)C1OC2c2cc(Cn3cc(Br)cn3)ccc21.Cc1cc(N)nc(C)c1CNC(=O)c1ccc2c(c1)C1OC2c2ccc(Cn3cc(Br)cn3)cc21. The average Bonchev–Trinajstić information content (AvgIpc) is 4.21. The number of benzene rings is 4. The molecule has 0 radical (unpaired) electrons. The van der Waals surface area contributed by atoms with Crippen molar-refractivity contribution in [2.45, 2.75) is 78.3 Å². The second-order valence-electron chi connectivity index (χ2n) is 18.3. The van der Waals surface area contributed by atoms with Gasteiger partial charge >= 0.3 is 0 Å². The fourth-order valence-corrected chi connectivity index (χ4v) is 11.0. The summed E-state index contributed by atoms with van der Waals surface area (Å²) in [5, 5.41) is 14.8. The van der Waals surface area contributed by atoms with Crippen LogP contribution in [0.3, 0.4) is 0 Å². The van der Waals surface area contributed by atoms with Crippen LogP contribution in [0.15, 0.2) is 119 Å². The Bertz CT molecular complexity index is 3390. The molecular formula is C54H48Br2N10O4. The monoisotopic (exact) mass is 1060 g/mol. The highest BCUT2D eigenvalue weighted by Crippen LogP contribution is 2.55. The molecule has 0 aliphatic carbocycles. The van der Waals surface area contributed by atoms with Crippen LogP contribution in [0.4, 0.5) is 11.6 Å². The van der Waals surface area contributed by atoms with E-state index in [2.05, 4.69) is 99.1 Å². The number of pyridine rings is 2. The number of aromatic nitrogens is 6. The summed E-state index contributed by atoms with van der Waals surface area (Å²) in [4.78, 5) is 34.6. The van der Waals surface area contributed by atoms with Gasteiger partial charge in [-0.25, -0.2) is 9.97 Å². The van der Waals surface area contributed by atoms with E-state index in [4.69, 9.17) is 20.9 Å². The number of carbonyl (C=O) groups excluding carboxylic acids is 2. The quantitative estimate of drug-likeness (QED) is 0.103. The number of halogens is 2. The van der Waals surface area contributed by atoms with Crippen molar-refractivity contribution in [3.63, 3.8) is 0 Å². The molecule has 4 unspecified atom stereocenters. The summed E-state index contributed by atoms with van der Waals surface area (Å²) >= 11 is 6.90. The van der Waals surface area contributed by atoms with Crippen molar-refractivity contribution in [1.82, 2.24) is 40.2 Å². The molecule has 4 aromatic carbocycles. The molecule has 12 rings (SSSR count). The summed E-state index contributed by atoms with van der Waals surface area (Å²) in [7, 11) is 0. The zero-order valence-electron chi connectivity index (χ0n) is 38.8. The summed E-state index contributed by atoms with van der Waals surface area (Å²) in [6, 6.07) is 28.4. The van der Waals surface area contributed by atoms with Gasteiger partial charge in [-0.2, -0.15) is 10.2 Å². The lowest BCUT2D eigenvalue weighted by Gasteiger charge is -2.18. The molecule has 8 heterocycles. The van der Waals surface area contributed by atoms with Gasteiger partial charge in [-0.05, 0) is 174 Å². The molecule has 0 saturated heterocycles. The first-order chi connectivity index (χ1) is 33.7. The minimum absolute atomic E-state index is 0.0823. The number of nitrogen functional groups attached to an aromatic ring is 2. The fourth-order valence-electron chi connectivity index (χ4n) is 10.3. The van der Waals surface area contributed by atoms with Gasteiger partial charge in [0.15, 0.2) is 0 Å². The van der Waals surface area contributed by atoms with Gasteiger partial charge in [0.2, 0.25) is 0 Å². The average molecular weight is 1060 g/mol. The van der Waals surface area contributed by atoms with E-state index in [9.17, 15) is 9.59 Å². The van der Waals surface area contributed by atoms with Gasteiger partial charge in [0.05, 0.1) is 34.4 Å². The topological polar surface area (TPSA) is 190 Å². The summed E-state index contributed by atoms with van der Waals surface area (Å²) in [6.07, 6.45) is 7.01. The van der Waals surface area contributed by atoms with Crippen molar-refractivity contribution in [3.05, 3.63) is 219 Å². The highest BCUT2D eigenvalue weighted by atomic mass is 79.9. The van der Waals surface area contributed by atoms with Crippen LogP contribution in [0.5, 0.6) is 0 Å². The van der Waals surface area contributed by atoms with Crippen LogP contribution in [0.25, 0.3) is 0 Å². The number of fused-ring (bicyclic) bond motifs is 16. The van der Waals surface area contributed by atoms with Crippen molar-refractivity contribution in [2.75, 3.05) is 11.5 Å². The molecule has 0 spiro atoms. The van der Waals surface area contributed by atoms with Gasteiger partial charge in [-0.15, -0.1) is 0 Å². The van der Waals surface area contributed by atoms with Crippen LogP contribution in [0.1, 0.15) is 134 Å². The largest absolute Gasteiger partial charge is 0.384 e. The third-order valence-electron chi connectivity index (χ3n) is 13.7. The van der Waals surface area contributed by atoms with Gasteiger partial charge in [-0.3, -0.25) is 19.0 Å². The lowest BCUT2D eigenvalue weighted by Crippen LogP contribution is -2.24. The molecule has 8 aromatic rings. The Morgan fingerprint density at radius 3 is 1.30 bits per heavy atom. The van der Waals surface area contributed by atoms with E-state index in [1.807, 2.05) is 98.0 Å². The van der Waals surface area contributed by atoms with Gasteiger partial charge in [0.1, 0.15) is 36.1 Å². The van der Waals surface area contributed by atoms with Gasteiger partial charge in [0.25, 0.3) is 11.8 Å². The maximum atomic E-state index is 13.0. The predicted molar refractivity (Wildman–Crippen MR) is 272 cm³/mol. The molecular weight excluding hydrogens is 1010 g/mol. The molecule has 70 heavy (non-hydrogen) atoms. The van der Waals surface area contributed by atoms with Gasteiger partial charge in [0, 0.05) is 48.0 Å². The number of carbonyl (C=O) groups is 2. The molecule has 16 heteroatoms. The Labute approximate surface area is 421 Å². The molecule has 4 aliphatic heterocycles. The number of aryl methyl sites for hydroxylation is 4. The molecule has 14 nitrogen and oxygen atoms in total. The number of ether oxygens (including phenoxy) is 2. The smallest absolute Gasteiger partial charge is 0.251 e. The highest BCUT2D eigenvalue weighted by Gasteiger charge is 2.44. The fraction of sp³-hybridized carbons (Fsp3) is 0.222. The maximum absolute atomic E-state index is 13.0. The second kappa shape index (κ2) is 18.1. The van der Waals surface area contributed by atoms with Crippen molar-refractivity contribution in [2.24, 2.45) is 0 Å². The molecule has 2 amide bonds. The number of nitrogens with two attached hydrogens (primary N) is 2. The number of anilines is 2. The van der Waals surface area contributed by atoms with Crippen LogP contribution < -0.4 is 22.1 Å². The minimum Gasteiger partial charge on any atom is -0.384 e. The van der Waals surface area contributed by atoms with Crippen LogP contribution in [-0.2, 0) is 35.7 Å². The Balaban J connectivity index is 0.000000152. The number of nitrogens with one attached hydrogen (secondary N) is 2. The predicted octanol–water partition coefficient (Wildman–Crippen LogP) is 9.48. The Kier molecular flexibility index (Phi) is 11.7. The zero-order valence-corrected chi connectivity index (χ0v) is 41.9. The Hall–Kier alpha value is -6.98. The van der Waals surface area contributed by atoms with E-state index >= 15 is 0 Å². The van der Waals surface area contributed by atoms with E-state index in [1.54, 1.807) is 12.4 Å². The number of rotatable bonds is 10. The normalized spacial score (nSPS) is 17.3. The van der Waals surface area contributed by atoms with Crippen LogP contribution in [0.2, 0.25) is 0 Å². The summed E-state index contributed by atoms with van der Waals surface area (Å²) in [5.41, 5.74) is 30.1. The third kappa shape index (κ3) is 8.48. The number of nitrogens with zero attached hydrogens (tertiary/aromatic N) is 6. The van der Waals surface area contributed by atoms with Crippen LogP contribution in [-0.4, -0.2) is 41.3 Å². The number of hydrogen-bond acceptors (Lipinski definition) is 10. The van der Waals surface area contributed by atoms with E-state index < -0.39 is 0 Å². The Morgan fingerprint density at radius 1 is 0.543 bits per heavy atom. The molecule has 0 fully saturated rings. The van der Waals surface area contributed by atoms with E-state index in [-0.39, 0.29) is 36.2 Å². The zero-order chi connectivity index (χ0) is 48.5. The van der Waals surface area contributed by atoms with E-state index in [1.165, 1.54) is 27.8 Å². The first-order valence-corrected chi connectivity index (χ1v) is 24.5. The molecule has 352 valence electrons. The summed E-state index contributed by atoms with van der Waals surface area (Å²) < 4.78 is 18.4. The summed E-state index contributed by atoms with van der Waals surface area (Å²) in [5.74, 6) is 0.742. The van der Waals surface area contributed by atoms with E-state index in [0.29, 0.717) is 48.9 Å². The molecule has 4 atom stereocenters. The first-order valence-electron chi connectivity index (χ1n) is 23.0. The second-order valence-corrected chi connectivity index (χ2v) is 20.2. The number of hydrogen-bond donors (Lipinski definition) is 4. The van der Waals surface area contributed by atoms with Crippen molar-refractivity contribution < 1.29 is 19.1 Å². The molecule has 4 bridgehead atoms. The number of amides is 2. The standard InChI is InChI=1S/2C27H24BrN5O2/c1-14-7-24(29)32-15(2)23(14)11-30-27(34)17-4-6-20-22(9-17)26-19-5-3-16(8-21(19)25(20)35-26)12-33-13-18(28)10-31-33;1-14-7-24(29)32-15(2)23(14)11-30-27(34)17-4-6-20-22(9-17)26-21-8-16(3-5-19(21)25(20)35-26)12-33-13-18(28)10-31-33/h2*3-10,13,25-26H,11-12H2,1-2H3,(H2,29,32)(H,30,34). The van der Waals surface area contributed by atoms with E-state index in [0.717, 1.165) is 70.4 Å². The Morgan fingerprint density at radius 2 is 0.914 bits per heavy atom. The maximum Gasteiger partial charge on any atom is 0.251 e. The molecule has 4 aromatic heterocycles. The highest BCUT2D eigenvalue weighted by molar-refractivity contribution is 9.10. The lowest BCUT2D eigenvalue weighted by molar-refractivity contribution is 0.0855. The molecule has 4 aliphatic rings. The van der Waals surface area contributed by atoms with Crippen molar-refractivity contribution >= 4 is 55.3 Å². The van der Waals surface area contributed by atoms with Crippen LogP contribution >= 0.6 is 31.9 Å². The third-order valence-corrected chi connectivity index (χ3v) is 14.5. The minimum atomic E-state index is -0.159. The molecule has 0 saturated carbocycles. The first kappa shape index (κ1) is 45.5. The van der Waals surface area contributed by atoms with Gasteiger partial charge < -0.3 is 31.6 Å². The van der Waals surface area contributed by atoms with Crippen molar-refractivity contribution in [3.8, 4) is 0 Å². The summed E-state index contributed by atoms with van der Waals surface area (Å²) in [6.45, 7) is 9.96.